The Kier molecular flexibility index (Phi) is 1.36. The summed E-state index contributed by atoms with van der Waals surface area (Å²) in [5.74, 6) is 0. The van der Waals surface area contributed by atoms with Crippen LogP contribution in [0.15, 0.2) is 5.11 Å². The Balaban J connectivity index is 2.22. The minimum atomic E-state index is 0.221. The summed E-state index contributed by atoms with van der Waals surface area (Å²) in [6.45, 7) is 0. The van der Waals surface area contributed by atoms with E-state index in [9.17, 15) is 5.21 Å². The van der Waals surface area contributed by atoms with Crippen LogP contribution in [0.25, 0.3) is 0 Å². The quantitative estimate of drug-likeness (QED) is 0.372. The number of hydrogen-bond donors (Lipinski definition) is 0. The highest BCUT2D eigenvalue weighted by Crippen LogP contribution is 2.27. The first kappa shape index (κ1) is 6.13. The van der Waals surface area contributed by atoms with Crippen LogP contribution >= 0.6 is 0 Å². The summed E-state index contributed by atoms with van der Waals surface area (Å²) in [6.07, 6.45) is 5.59. The van der Waals surface area contributed by atoms with E-state index in [0.29, 0.717) is 6.04 Å². The minimum Gasteiger partial charge on any atom is -0.600 e. The average molecular weight is 140 g/mol. The summed E-state index contributed by atoms with van der Waals surface area (Å²) in [5, 5.41) is 15.0. The molecule has 2 heterocycles. The molecule has 0 spiro atoms. The smallest absolute Gasteiger partial charge is 0.190 e. The van der Waals surface area contributed by atoms with Crippen LogP contribution in [0.3, 0.4) is 0 Å². The first-order valence-corrected chi connectivity index (χ1v) is 4.03. The molecule has 2 bridgehead atoms. The van der Waals surface area contributed by atoms with Crippen molar-refractivity contribution in [3.8, 4) is 0 Å². The van der Waals surface area contributed by atoms with E-state index < -0.39 is 0 Å². The third-order valence-corrected chi connectivity index (χ3v) is 2.50. The van der Waals surface area contributed by atoms with Crippen molar-refractivity contribution in [1.29, 1.82) is 0 Å². The summed E-state index contributed by atoms with van der Waals surface area (Å²) in [7, 11) is 0. The maximum Gasteiger partial charge on any atom is 0.190 e. The van der Waals surface area contributed by atoms with Crippen LogP contribution in [-0.2, 0) is 0 Å². The topological polar surface area (TPSA) is 38.4 Å². The normalized spacial score (nSPS) is 39.0. The van der Waals surface area contributed by atoms with E-state index in [1.165, 1.54) is 6.42 Å². The lowest BCUT2D eigenvalue weighted by molar-refractivity contribution is -0.578. The van der Waals surface area contributed by atoms with Crippen molar-refractivity contribution >= 4 is 0 Å². The Morgan fingerprint density at radius 2 is 2.10 bits per heavy atom. The van der Waals surface area contributed by atoms with Crippen molar-refractivity contribution in [3.05, 3.63) is 5.21 Å². The first-order chi connectivity index (χ1) is 4.86. The van der Waals surface area contributed by atoms with Gasteiger partial charge in [-0.15, -0.1) is 0 Å². The zero-order valence-corrected chi connectivity index (χ0v) is 5.99. The van der Waals surface area contributed by atoms with E-state index in [-0.39, 0.29) is 6.04 Å². The standard InChI is InChI=1S/C7H12N2O/c10-9-7-3-1-2-6(8-9)4-5-7/h6-7H,1-5H2. The summed E-state index contributed by atoms with van der Waals surface area (Å²) in [5.41, 5.74) is 0. The van der Waals surface area contributed by atoms with Gasteiger partial charge in [0.15, 0.2) is 6.04 Å². The second-order valence-electron chi connectivity index (χ2n) is 3.23. The van der Waals surface area contributed by atoms with E-state index in [1.807, 2.05) is 0 Å². The second-order valence-corrected chi connectivity index (χ2v) is 3.23. The average Bonchev–Trinajstić information content (AvgIpc) is 2.20. The zero-order chi connectivity index (χ0) is 6.97. The summed E-state index contributed by atoms with van der Waals surface area (Å²) in [4.78, 5) is 0.946. The van der Waals surface area contributed by atoms with Gasteiger partial charge in [0.05, 0.1) is 0 Å². The predicted molar refractivity (Wildman–Crippen MR) is 36.7 cm³/mol. The van der Waals surface area contributed by atoms with Gasteiger partial charge >= 0.3 is 0 Å². The van der Waals surface area contributed by atoms with Crippen LogP contribution in [-0.4, -0.2) is 16.9 Å². The summed E-state index contributed by atoms with van der Waals surface area (Å²) in [6, 6.07) is 0.579. The van der Waals surface area contributed by atoms with Crippen molar-refractivity contribution in [3.63, 3.8) is 0 Å². The lowest BCUT2D eigenvalue weighted by atomic mass is 10.1. The molecule has 0 amide bonds. The third-order valence-electron chi connectivity index (χ3n) is 2.50. The Hall–Kier alpha value is -0.600. The molecule has 0 radical (unpaired) electrons. The van der Waals surface area contributed by atoms with E-state index >= 15 is 0 Å². The van der Waals surface area contributed by atoms with E-state index in [0.717, 1.165) is 30.5 Å². The fraction of sp³-hybridized carbons (Fsp3) is 1.00. The molecule has 3 heteroatoms. The van der Waals surface area contributed by atoms with E-state index in [1.54, 1.807) is 0 Å². The summed E-state index contributed by atoms with van der Waals surface area (Å²) < 4.78 is 0. The molecule has 1 saturated carbocycles. The highest BCUT2D eigenvalue weighted by Gasteiger charge is 2.30. The fourth-order valence-electron chi connectivity index (χ4n) is 1.85. The molecule has 56 valence electrons. The molecule has 0 aromatic heterocycles. The molecule has 3 nitrogen and oxygen atoms in total. The van der Waals surface area contributed by atoms with Crippen molar-refractivity contribution in [1.82, 2.24) is 0 Å². The molecule has 1 fully saturated rings. The van der Waals surface area contributed by atoms with Gasteiger partial charge in [-0.3, -0.25) is 0 Å². The summed E-state index contributed by atoms with van der Waals surface area (Å²) >= 11 is 0. The molecule has 0 aromatic rings. The molecule has 3 rings (SSSR count). The molecule has 0 saturated heterocycles. The molecule has 0 N–H and O–H groups in total. The van der Waals surface area contributed by atoms with Crippen molar-refractivity contribution in [2.75, 3.05) is 0 Å². The van der Waals surface area contributed by atoms with E-state index in [2.05, 4.69) is 5.11 Å². The highest BCUT2D eigenvalue weighted by molar-refractivity contribution is 4.75. The minimum absolute atomic E-state index is 0.221. The van der Waals surface area contributed by atoms with Crippen molar-refractivity contribution in [2.24, 2.45) is 5.11 Å². The number of hydroxylamine groups is 1. The van der Waals surface area contributed by atoms with Crippen LogP contribution in [0.2, 0.25) is 0 Å². The Labute approximate surface area is 60.3 Å². The maximum absolute atomic E-state index is 11.0. The molecular formula is C7H12N2O. The molecule has 2 aliphatic heterocycles. The highest BCUT2D eigenvalue weighted by atomic mass is 16.5. The van der Waals surface area contributed by atoms with Gasteiger partial charge in [0.25, 0.3) is 0 Å². The number of fused-ring (bicyclic) bond motifs is 3. The number of rotatable bonds is 0. The number of nitrogens with zero attached hydrogens (tertiary/aromatic N) is 2. The van der Waals surface area contributed by atoms with Gasteiger partial charge in [-0.05, 0) is 24.4 Å². The van der Waals surface area contributed by atoms with Gasteiger partial charge < -0.3 is 5.21 Å². The Morgan fingerprint density at radius 3 is 2.90 bits per heavy atom. The van der Waals surface area contributed by atoms with Crippen molar-refractivity contribution in [2.45, 2.75) is 44.2 Å². The van der Waals surface area contributed by atoms with Gasteiger partial charge in [-0.1, -0.05) is 4.86 Å². The van der Waals surface area contributed by atoms with Gasteiger partial charge in [0, 0.05) is 12.8 Å². The number of azo groups is 1. The van der Waals surface area contributed by atoms with Crippen LogP contribution in [0, 0.1) is 5.21 Å². The van der Waals surface area contributed by atoms with Crippen molar-refractivity contribution < 1.29 is 4.86 Å². The van der Waals surface area contributed by atoms with Crippen LogP contribution in [0.1, 0.15) is 32.1 Å². The Morgan fingerprint density at radius 1 is 1.20 bits per heavy atom. The molecule has 10 heavy (non-hydrogen) atoms. The third kappa shape index (κ3) is 0.895. The Bertz CT molecular complexity index is 163. The molecule has 2 unspecified atom stereocenters. The predicted octanol–water partition coefficient (Wildman–Crippen LogP) is 1.66. The van der Waals surface area contributed by atoms with Crippen LogP contribution in [0.4, 0.5) is 0 Å². The van der Waals surface area contributed by atoms with Crippen LogP contribution in [0.5, 0.6) is 0 Å². The lowest BCUT2D eigenvalue weighted by Crippen LogP contribution is -2.24. The fourth-order valence-corrected chi connectivity index (χ4v) is 1.85. The maximum atomic E-state index is 11.0. The molecule has 1 aliphatic carbocycles. The molecule has 3 aliphatic rings. The van der Waals surface area contributed by atoms with Gasteiger partial charge in [0.2, 0.25) is 0 Å². The van der Waals surface area contributed by atoms with Gasteiger partial charge in [-0.2, -0.15) is 0 Å². The molecule has 2 atom stereocenters. The van der Waals surface area contributed by atoms with E-state index in [4.69, 9.17) is 0 Å². The zero-order valence-electron chi connectivity index (χ0n) is 5.99. The second kappa shape index (κ2) is 2.22. The first-order valence-electron chi connectivity index (χ1n) is 4.03. The van der Waals surface area contributed by atoms with Gasteiger partial charge in [0.1, 0.15) is 6.04 Å². The number of hydrogen-bond acceptors (Lipinski definition) is 2. The largest absolute Gasteiger partial charge is 0.600 e. The SMILES string of the molecule is [O-][N+]1=NC2CCCC1CC2. The van der Waals surface area contributed by atoms with Crippen LogP contribution < -0.4 is 0 Å². The molecule has 0 aromatic carbocycles. The monoisotopic (exact) mass is 140 g/mol. The lowest BCUT2D eigenvalue weighted by Gasteiger charge is -2.16. The molecular weight excluding hydrogens is 128 g/mol. The van der Waals surface area contributed by atoms with Gasteiger partial charge in [-0.25, -0.2) is 0 Å².